The van der Waals surface area contributed by atoms with Crippen molar-refractivity contribution >= 4 is 15.9 Å². The summed E-state index contributed by atoms with van der Waals surface area (Å²) in [6, 6.07) is 0. The van der Waals surface area contributed by atoms with Gasteiger partial charge in [0, 0.05) is 6.54 Å². The number of amides is 1. The van der Waals surface area contributed by atoms with Crippen LogP contribution in [0.4, 0.5) is 0 Å². The fourth-order valence-electron chi connectivity index (χ4n) is 2.28. The molecule has 2 unspecified atom stereocenters. The van der Waals surface area contributed by atoms with E-state index in [0.29, 0.717) is 0 Å². The second-order valence-electron chi connectivity index (χ2n) is 5.73. The van der Waals surface area contributed by atoms with Crippen LogP contribution in [0.3, 0.4) is 0 Å². The molecule has 0 aromatic rings. The Kier molecular flexibility index (Phi) is 4.23. The van der Waals surface area contributed by atoms with Gasteiger partial charge in [-0.15, -0.1) is 0 Å². The molecule has 1 aliphatic rings. The lowest BCUT2D eigenvalue weighted by atomic mass is 10.1. The first-order valence-corrected chi connectivity index (χ1v) is 7.70. The molecule has 1 rings (SSSR count). The van der Waals surface area contributed by atoms with Crippen molar-refractivity contribution < 1.29 is 13.2 Å². The molecule has 1 fully saturated rings. The summed E-state index contributed by atoms with van der Waals surface area (Å²) in [6.07, 6.45) is 2.10. The molecular weight excluding hydrogens is 252 g/mol. The lowest BCUT2D eigenvalue weighted by Crippen LogP contribution is -2.33. The highest BCUT2D eigenvalue weighted by molar-refractivity contribution is 7.89. The average Bonchev–Trinajstić information content (AvgIpc) is 2.64. The Labute approximate surface area is 109 Å². The third-order valence-electron chi connectivity index (χ3n) is 3.39. The van der Waals surface area contributed by atoms with Crippen LogP contribution in [0.25, 0.3) is 0 Å². The molecule has 0 aromatic carbocycles. The number of hydrogen-bond donors (Lipinski definition) is 2. The standard InChI is InChI=1S/C12H22N2O3S/c1-8(2)7-9-10(12(9,3)4)11(15)14-5-6-18(13,16)17/h7,9-10H,5-6H2,1-4H3,(H,14,15)(H2,13,16,17). The maximum absolute atomic E-state index is 11.9. The number of carbonyl (C=O) groups is 1. The summed E-state index contributed by atoms with van der Waals surface area (Å²) < 4.78 is 21.5. The van der Waals surface area contributed by atoms with Gasteiger partial charge in [0.25, 0.3) is 0 Å². The van der Waals surface area contributed by atoms with Gasteiger partial charge in [0.2, 0.25) is 15.9 Å². The Morgan fingerprint density at radius 2 is 1.94 bits per heavy atom. The predicted molar refractivity (Wildman–Crippen MR) is 71.2 cm³/mol. The summed E-state index contributed by atoms with van der Waals surface area (Å²) in [4.78, 5) is 11.9. The van der Waals surface area contributed by atoms with Crippen molar-refractivity contribution in [1.82, 2.24) is 5.32 Å². The van der Waals surface area contributed by atoms with Gasteiger partial charge in [-0.25, -0.2) is 13.6 Å². The highest BCUT2D eigenvalue weighted by Gasteiger charge is 2.60. The van der Waals surface area contributed by atoms with Gasteiger partial charge in [0.1, 0.15) is 0 Å². The molecule has 0 bridgehead atoms. The zero-order chi connectivity index (χ0) is 14.1. The number of sulfonamides is 1. The molecule has 1 amide bonds. The van der Waals surface area contributed by atoms with Crippen LogP contribution in [0, 0.1) is 17.3 Å². The Morgan fingerprint density at radius 3 is 2.39 bits per heavy atom. The highest BCUT2D eigenvalue weighted by atomic mass is 32.2. The Morgan fingerprint density at radius 1 is 1.39 bits per heavy atom. The topological polar surface area (TPSA) is 89.3 Å². The molecule has 2 atom stereocenters. The third kappa shape index (κ3) is 3.81. The van der Waals surface area contributed by atoms with Gasteiger partial charge in [-0.1, -0.05) is 25.5 Å². The fourth-order valence-corrected chi connectivity index (χ4v) is 2.66. The normalized spacial score (nSPS) is 25.4. The number of carbonyl (C=O) groups excluding carboxylic acids is 1. The molecule has 1 saturated carbocycles. The van der Waals surface area contributed by atoms with Crippen LogP contribution in [0.1, 0.15) is 27.7 Å². The molecule has 104 valence electrons. The van der Waals surface area contributed by atoms with Crippen molar-refractivity contribution in [1.29, 1.82) is 0 Å². The van der Waals surface area contributed by atoms with E-state index >= 15 is 0 Å². The lowest BCUT2D eigenvalue weighted by molar-refractivity contribution is -0.123. The fraction of sp³-hybridized carbons (Fsp3) is 0.750. The molecule has 6 heteroatoms. The molecule has 5 nitrogen and oxygen atoms in total. The van der Waals surface area contributed by atoms with Crippen LogP contribution in [0.5, 0.6) is 0 Å². The van der Waals surface area contributed by atoms with E-state index in [2.05, 4.69) is 11.4 Å². The van der Waals surface area contributed by atoms with E-state index in [1.165, 1.54) is 5.57 Å². The number of nitrogens with two attached hydrogens (primary N) is 1. The van der Waals surface area contributed by atoms with Crippen molar-refractivity contribution in [2.75, 3.05) is 12.3 Å². The van der Waals surface area contributed by atoms with E-state index in [1.54, 1.807) is 0 Å². The maximum atomic E-state index is 11.9. The van der Waals surface area contributed by atoms with Crippen LogP contribution >= 0.6 is 0 Å². The minimum Gasteiger partial charge on any atom is -0.355 e. The summed E-state index contributed by atoms with van der Waals surface area (Å²) in [6.45, 7) is 8.17. The van der Waals surface area contributed by atoms with E-state index in [0.717, 1.165) is 0 Å². The van der Waals surface area contributed by atoms with Crippen molar-refractivity contribution in [2.45, 2.75) is 27.7 Å². The smallest absolute Gasteiger partial charge is 0.224 e. The first-order valence-electron chi connectivity index (χ1n) is 5.99. The highest BCUT2D eigenvalue weighted by Crippen LogP contribution is 2.59. The summed E-state index contributed by atoms with van der Waals surface area (Å²) in [5, 5.41) is 7.50. The molecule has 0 aromatic heterocycles. The van der Waals surface area contributed by atoms with Gasteiger partial charge in [0.15, 0.2) is 0 Å². The minimum absolute atomic E-state index is 0.0526. The summed E-state index contributed by atoms with van der Waals surface area (Å²) in [5.41, 5.74) is 1.14. The molecule has 1 aliphatic carbocycles. The molecule has 0 radical (unpaired) electrons. The monoisotopic (exact) mass is 274 g/mol. The van der Waals surface area contributed by atoms with Crippen LogP contribution in [-0.2, 0) is 14.8 Å². The Hall–Kier alpha value is -0.880. The minimum atomic E-state index is -3.51. The first kappa shape index (κ1) is 15.2. The van der Waals surface area contributed by atoms with Gasteiger partial charge in [0.05, 0.1) is 11.7 Å². The maximum Gasteiger partial charge on any atom is 0.224 e. The molecular formula is C12H22N2O3S. The summed E-state index contributed by atoms with van der Waals surface area (Å²) >= 11 is 0. The summed E-state index contributed by atoms with van der Waals surface area (Å²) in [7, 11) is -3.51. The van der Waals surface area contributed by atoms with Crippen LogP contribution < -0.4 is 10.5 Å². The molecule has 0 heterocycles. The second-order valence-corrected chi connectivity index (χ2v) is 7.46. The number of primary sulfonamides is 1. The number of nitrogens with one attached hydrogen (secondary N) is 1. The van der Waals surface area contributed by atoms with Gasteiger partial charge >= 0.3 is 0 Å². The third-order valence-corrected chi connectivity index (χ3v) is 4.17. The average molecular weight is 274 g/mol. The van der Waals surface area contributed by atoms with Crippen molar-refractivity contribution in [3.05, 3.63) is 11.6 Å². The van der Waals surface area contributed by atoms with Crippen molar-refractivity contribution in [3.8, 4) is 0 Å². The largest absolute Gasteiger partial charge is 0.355 e. The van der Waals surface area contributed by atoms with E-state index in [-0.39, 0.29) is 35.5 Å². The quantitative estimate of drug-likeness (QED) is 0.721. The second kappa shape index (κ2) is 5.01. The van der Waals surface area contributed by atoms with Crippen molar-refractivity contribution in [2.24, 2.45) is 22.4 Å². The Balaban J connectivity index is 2.52. The van der Waals surface area contributed by atoms with Gasteiger partial charge in [-0.2, -0.15) is 0 Å². The van der Waals surface area contributed by atoms with Crippen molar-refractivity contribution in [3.63, 3.8) is 0 Å². The van der Waals surface area contributed by atoms with E-state index in [9.17, 15) is 13.2 Å². The Bertz CT molecular complexity index is 462. The van der Waals surface area contributed by atoms with Gasteiger partial charge < -0.3 is 5.32 Å². The number of allylic oxidation sites excluding steroid dienone is 2. The van der Waals surface area contributed by atoms with Gasteiger partial charge in [-0.3, -0.25) is 4.79 Å². The van der Waals surface area contributed by atoms with E-state index < -0.39 is 10.0 Å². The predicted octanol–water partition coefficient (Wildman–Crippen LogP) is 0.630. The zero-order valence-electron chi connectivity index (χ0n) is 11.4. The molecule has 0 saturated heterocycles. The lowest BCUT2D eigenvalue weighted by Gasteiger charge is -2.04. The summed E-state index contributed by atoms with van der Waals surface area (Å²) in [5.74, 6) is -0.157. The van der Waals surface area contributed by atoms with Crippen LogP contribution in [0.15, 0.2) is 11.6 Å². The first-order chi connectivity index (χ1) is 8.05. The van der Waals surface area contributed by atoms with Crippen LogP contribution in [-0.4, -0.2) is 26.6 Å². The molecule has 0 spiro atoms. The van der Waals surface area contributed by atoms with E-state index in [4.69, 9.17) is 5.14 Å². The van der Waals surface area contributed by atoms with E-state index in [1.807, 2.05) is 27.7 Å². The molecule has 0 aliphatic heterocycles. The van der Waals surface area contributed by atoms with Gasteiger partial charge in [-0.05, 0) is 25.2 Å². The number of rotatable bonds is 5. The SMILES string of the molecule is CC(C)=CC1C(C(=O)NCCS(N)(=O)=O)C1(C)C. The molecule has 18 heavy (non-hydrogen) atoms. The number of hydrogen-bond acceptors (Lipinski definition) is 3. The molecule has 3 N–H and O–H groups in total. The zero-order valence-corrected chi connectivity index (χ0v) is 12.2. The van der Waals surface area contributed by atoms with Crippen LogP contribution in [0.2, 0.25) is 0 Å².